The Morgan fingerprint density at radius 1 is 1.30 bits per heavy atom. The van der Waals surface area contributed by atoms with Gasteiger partial charge in [-0.1, -0.05) is 29.8 Å². The van der Waals surface area contributed by atoms with Gasteiger partial charge in [-0.2, -0.15) is 5.26 Å². The van der Waals surface area contributed by atoms with Gasteiger partial charge in [0, 0.05) is 9.13 Å². The number of nitriles is 1. The Balaban J connectivity index is 2.39. The molecule has 0 spiro atoms. The molecule has 2 rings (SSSR count). The second kappa shape index (κ2) is 6.33. The fraction of sp³-hybridized carbons (Fsp3) is 0.0667. The maximum absolute atomic E-state index is 13.2. The van der Waals surface area contributed by atoms with Gasteiger partial charge in [-0.15, -0.1) is 0 Å². The lowest BCUT2D eigenvalue weighted by molar-refractivity contribution is 0.0979. The van der Waals surface area contributed by atoms with Crippen LogP contribution in [0.25, 0.3) is 0 Å². The van der Waals surface area contributed by atoms with Crippen molar-refractivity contribution in [3.8, 4) is 6.07 Å². The number of hydrogen-bond acceptors (Lipinski definition) is 2. The molecule has 0 fully saturated rings. The number of carbonyl (C=O) groups excluding carboxylic acids is 1. The van der Waals surface area contributed by atoms with Gasteiger partial charge < -0.3 is 0 Å². The van der Waals surface area contributed by atoms with E-state index < -0.39 is 17.5 Å². The third-order valence-electron chi connectivity index (χ3n) is 2.78. The summed E-state index contributed by atoms with van der Waals surface area (Å²) in [5.41, 5.74) is 0.679. The van der Waals surface area contributed by atoms with Crippen LogP contribution in [-0.4, -0.2) is 5.78 Å². The summed E-state index contributed by atoms with van der Waals surface area (Å²) in [4.78, 5) is 12.3. The van der Waals surface area contributed by atoms with Crippen LogP contribution in [0.3, 0.4) is 0 Å². The van der Waals surface area contributed by atoms with Crippen LogP contribution in [0.5, 0.6) is 0 Å². The van der Waals surface area contributed by atoms with Crippen molar-refractivity contribution in [2.75, 3.05) is 0 Å². The Hall–Kier alpha value is -1.45. The number of nitrogens with zero attached hydrogens (tertiary/aromatic N) is 1. The number of hydrogen-bond donors (Lipinski definition) is 0. The zero-order valence-electron chi connectivity index (χ0n) is 10.1. The molecule has 100 valence electrons. The molecule has 2 aromatic rings. The molecule has 2 aromatic carbocycles. The molecule has 0 saturated carbocycles. The first-order valence-electron chi connectivity index (χ1n) is 5.67. The van der Waals surface area contributed by atoms with Gasteiger partial charge in [0.1, 0.15) is 11.7 Å². The lowest BCUT2D eigenvalue weighted by atomic mass is 9.92. The number of Topliss-reactive ketones (excluding diaryl/α,β-unsaturated/α-hetero) is 1. The summed E-state index contributed by atoms with van der Waals surface area (Å²) >= 11 is 8.02. The average Bonchev–Trinajstić information content (AvgIpc) is 2.42. The number of halogens is 3. The number of ketones is 1. The highest BCUT2D eigenvalue weighted by Crippen LogP contribution is 2.25. The molecule has 0 aliphatic heterocycles. The van der Waals surface area contributed by atoms with Gasteiger partial charge in [0.2, 0.25) is 0 Å². The predicted octanol–water partition coefficient (Wildman–Crippen LogP) is 4.57. The van der Waals surface area contributed by atoms with E-state index in [1.807, 2.05) is 28.7 Å². The molecule has 0 N–H and O–H groups in total. The molecule has 0 aliphatic carbocycles. The minimum Gasteiger partial charge on any atom is -0.292 e. The highest BCUT2D eigenvalue weighted by molar-refractivity contribution is 14.1. The molecular formula is C15H8ClFINO. The van der Waals surface area contributed by atoms with Crippen LogP contribution in [0.1, 0.15) is 21.8 Å². The van der Waals surface area contributed by atoms with E-state index in [0.29, 0.717) is 16.1 Å². The standard InChI is InChI=1S/C15H8ClFINO/c16-13-7-10(4-5-14(13)18)15(20)12(8-19)9-2-1-3-11(17)6-9/h1-7,12H. The van der Waals surface area contributed by atoms with Crippen LogP contribution in [0, 0.1) is 20.7 Å². The van der Waals surface area contributed by atoms with Gasteiger partial charge >= 0.3 is 0 Å². The monoisotopic (exact) mass is 399 g/mol. The Labute approximate surface area is 134 Å². The summed E-state index contributed by atoms with van der Waals surface area (Å²) in [6.45, 7) is 0. The lowest BCUT2D eigenvalue weighted by Crippen LogP contribution is -2.11. The maximum atomic E-state index is 13.2. The van der Waals surface area contributed by atoms with E-state index in [1.165, 1.54) is 24.3 Å². The molecule has 0 bridgehead atoms. The molecule has 2 nitrogen and oxygen atoms in total. The fourth-order valence-electron chi connectivity index (χ4n) is 1.79. The Morgan fingerprint density at radius 2 is 2.05 bits per heavy atom. The third-order valence-corrected chi connectivity index (χ3v) is 4.35. The summed E-state index contributed by atoms with van der Waals surface area (Å²) in [6, 6.07) is 12.3. The van der Waals surface area contributed by atoms with E-state index in [4.69, 9.17) is 11.6 Å². The minimum absolute atomic E-state index is 0.339. The van der Waals surface area contributed by atoms with E-state index in [-0.39, 0.29) is 0 Å². The topological polar surface area (TPSA) is 40.9 Å². The summed E-state index contributed by atoms with van der Waals surface area (Å²) in [6.07, 6.45) is 0. The molecule has 5 heteroatoms. The van der Waals surface area contributed by atoms with Crippen LogP contribution in [0.4, 0.5) is 4.39 Å². The molecule has 0 heterocycles. The summed E-state index contributed by atoms with van der Waals surface area (Å²) in [7, 11) is 0. The normalized spacial score (nSPS) is 11.7. The molecule has 1 unspecified atom stereocenters. The molecule has 0 radical (unpaired) electrons. The summed E-state index contributed by atoms with van der Waals surface area (Å²) in [5, 5.41) is 9.65. The molecule has 20 heavy (non-hydrogen) atoms. The van der Waals surface area contributed by atoms with Gasteiger partial charge in [-0.05, 0) is 52.4 Å². The smallest absolute Gasteiger partial charge is 0.184 e. The first-order chi connectivity index (χ1) is 9.52. The van der Waals surface area contributed by atoms with Gasteiger partial charge in [0.25, 0.3) is 0 Å². The predicted molar refractivity (Wildman–Crippen MR) is 83.3 cm³/mol. The Kier molecular flexibility index (Phi) is 4.73. The molecule has 0 aliphatic rings. The van der Waals surface area contributed by atoms with Crippen molar-refractivity contribution in [2.24, 2.45) is 0 Å². The van der Waals surface area contributed by atoms with Crippen LogP contribution in [0.2, 0.25) is 5.02 Å². The van der Waals surface area contributed by atoms with Gasteiger partial charge in [0.05, 0.1) is 11.1 Å². The SMILES string of the molecule is N#CC(C(=O)c1ccc(I)c(Cl)c1)c1cccc(F)c1. The second-order valence-electron chi connectivity index (χ2n) is 4.11. The fourth-order valence-corrected chi connectivity index (χ4v) is 2.30. The quantitative estimate of drug-likeness (QED) is 0.560. The van der Waals surface area contributed by atoms with E-state index >= 15 is 0 Å². The number of rotatable bonds is 3. The van der Waals surface area contributed by atoms with E-state index in [2.05, 4.69) is 0 Å². The van der Waals surface area contributed by atoms with Gasteiger partial charge in [-0.25, -0.2) is 4.39 Å². The van der Waals surface area contributed by atoms with Crippen molar-refractivity contribution >= 4 is 40.0 Å². The molecular weight excluding hydrogens is 392 g/mol. The molecule has 0 aromatic heterocycles. The van der Waals surface area contributed by atoms with Gasteiger partial charge in [-0.3, -0.25) is 4.79 Å². The minimum atomic E-state index is -1.04. The van der Waals surface area contributed by atoms with Crippen LogP contribution in [0.15, 0.2) is 42.5 Å². The Morgan fingerprint density at radius 3 is 2.65 bits per heavy atom. The molecule has 1 atom stereocenters. The van der Waals surface area contributed by atoms with Crippen molar-refractivity contribution in [1.82, 2.24) is 0 Å². The van der Waals surface area contributed by atoms with Crippen molar-refractivity contribution in [1.29, 1.82) is 5.26 Å². The van der Waals surface area contributed by atoms with E-state index in [9.17, 15) is 14.4 Å². The van der Waals surface area contributed by atoms with E-state index in [1.54, 1.807) is 18.2 Å². The van der Waals surface area contributed by atoms with Crippen molar-refractivity contribution in [3.05, 3.63) is 68.0 Å². The van der Waals surface area contributed by atoms with Crippen molar-refractivity contribution in [2.45, 2.75) is 5.92 Å². The average molecular weight is 400 g/mol. The number of benzene rings is 2. The lowest BCUT2D eigenvalue weighted by Gasteiger charge is -2.09. The number of carbonyl (C=O) groups is 1. The summed E-state index contributed by atoms with van der Waals surface area (Å²) in [5.74, 6) is -1.91. The van der Waals surface area contributed by atoms with Crippen LogP contribution < -0.4 is 0 Å². The van der Waals surface area contributed by atoms with Crippen LogP contribution >= 0.6 is 34.2 Å². The third kappa shape index (κ3) is 3.17. The second-order valence-corrected chi connectivity index (χ2v) is 5.68. The first kappa shape index (κ1) is 14.9. The highest BCUT2D eigenvalue weighted by Gasteiger charge is 2.22. The zero-order chi connectivity index (χ0) is 14.7. The molecule has 0 saturated heterocycles. The summed E-state index contributed by atoms with van der Waals surface area (Å²) < 4.78 is 14.0. The zero-order valence-corrected chi connectivity index (χ0v) is 13.0. The van der Waals surface area contributed by atoms with Crippen molar-refractivity contribution < 1.29 is 9.18 Å². The van der Waals surface area contributed by atoms with Gasteiger partial charge in [0.15, 0.2) is 5.78 Å². The molecule has 0 amide bonds. The Bertz CT molecular complexity index is 711. The first-order valence-corrected chi connectivity index (χ1v) is 7.13. The highest BCUT2D eigenvalue weighted by atomic mass is 127. The largest absolute Gasteiger partial charge is 0.292 e. The maximum Gasteiger partial charge on any atom is 0.184 e. The van der Waals surface area contributed by atoms with E-state index in [0.717, 1.165) is 3.57 Å². The van der Waals surface area contributed by atoms with Crippen molar-refractivity contribution in [3.63, 3.8) is 0 Å². The van der Waals surface area contributed by atoms with Crippen LogP contribution in [-0.2, 0) is 0 Å².